The van der Waals surface area contributed by atoms with E-state index in [0.29, 0.717) is 19.6 Å². The SMILES string of the molecule is O=C(CCOCC(F)F)N1CCCN(CCO)CC1. The van der Waals surface area contributed by atoms with Crippen LogP contribution in [-0.2, 0) is 9.53 Å². The summed E-state index contributed by atoms with van der Waals surface area (Å²) in [5.74, 6) is -0.0554. The summed E-state index contributed by atoms with van der Waals surface area (Å²) >= 11 is 0. The number of ether oxygens (including phenoxy) is 1. The largest absolute Gasteiger partial charge is 0.395 e. The molecule has 1 heterocycles. The molecule has 0 spiro atoms. The van der Waals surface area contributed by atoms with Gasteiger partial charge in [-0.2, -0.15) is 0 Å². The molecule has 0 saturated carbocycles. The molecule has 5 nitrogen and oxygen atoms in total. The maximum atomic E-state index is 11.9. The predicted octanol–water partition coefficient (Wildman–Crippen LogP) is 0.185. The Morgan fingerprint density at radius 1 is 1.26 bits per heavy atom. The summed E-state index contributed by atoms with van der Waals surface area (Å²) in [6.07, 6.45) is -1.48. The van der Waals surface area contributed by atoms with Crippen molar-refractivity contribution >= 4 is 5.91 Å². The Morgan fingerprint density at radius 2 is 2.05 bits per heavy atom. The smallest absolute Gasteiger partial charge is 0.261 e. The van der Waals surface area contributed by atoms with Crippen LogP contribution in [0.15, 0.2) is 0 Å². The zero-order chi connectivity index (χ0) is 14.1. The molecule has 0 aromatic heterocycles. The number of hydrogen-bond acceptors (Lipinski definition) is 4. The van der Waals surface area contributed by atoms with Gasteiger partial charge in [0.15, 0.2) is 0 Å². The molecule has 1 N–H and O–H groups in total. The lowest BCUT2D eigenvalue weighted by Crippen LogP contribution is -2.36. The van der Waals surface area contributed by atoms with E-state index < -0.39 is 13.0 Å². The average molecular weight is 280 g/mol. The maximum Gasteiger partial charge on any atom is 0.261 e. The fourth-order valence-electron chi connectivity index (χ4n) is 2.08. The van der Waals surface area contributed by atoms with Crippen LogP contribution in [0.3, 0.4) is 0 Å². The minimum atomic E-state index is -2.49. The number of hydrogen-bond donors (Lipinski definition) is 1. The number of alkyl halides is 2. The average Bonchev–Trinajstić information content (AvgIpc) is 2.60. The topological polar surface area (TPSA) is 53.0 Å². The van der Waals surface area contributed by atoms with E-state index in [-0.39, 0.29) is 25.5 Å². The third kappa shape index (κ3) is 6.79. The molecule has 1 fully saturated rings. The zero-order valence-corrected chi connectivity index (χ0v) is 11.1. The van der Waals surface area contributed by atoms with Gasteiger partial charge in [0, 0.05) is 26.2 Å². The Balaban J connectivity index is 2.21. The molecular weight excluding hydrogens is 258 g/mol. The van der Waals surface area contributed by atoms with Crippen molar-refractivity contribution in [2.45, 2.75) is 19.3 Å². The molecule has 1 aliphatic rings. The summed E-state index contributed by atoms with van der Waals surface area (Å²) in [6.45, 7) is 3.08. The molecule has 112 valence electrons. The van der Waals surface area contributed by atoms with Gasteiger partial charge in [-0.05, 0) is 13.0 Å². The first-order chi connectivity index (χ1) is 9.13. The molecule has 0 aliphatic carbocycles. The molecule has 0 bridgehead atoms. The van der Waals surface area contributed by atoms with Crippen LogP contribution in [0.2, 0.25) is 0 Å². The Bertz CT molecular complexity index is 267. The van der Waals surface area contributed by atoms with Crippen LogP contribution in [0, 0.1) is 0 Å². The second kappa shape index (κ2) is 9.17. The van der Waals surface area contributed by atoms with Gasteiger partial charge in [0.05, 0.1) is 19.6 Å². The number of rotatable bonds is 7. The lowest BCUT2D eigenvalue weighted by atomic mass is 10.3. The molecule has 7 heteroatoms. The highest BCUT2D eigenvalue weighted by atomic mass is 19.3. The first kappa shape index (κ1) is 16.3. The van der Waals surface area contributed by atoms with E-state index in [1.165, 1.54) is 0 Å². The van der Waals surface area contributed by atoms with Gasteiger partial charge in [0.2, 0.25) is 5.91 Å². The number of carbonyl (C=O) groups excluding carboxylic acids is 1. The Labute approximate surface area is 112 Å². The number of carbonyl (C=O) groups is 1. The normalized spacial score (nSPS) is 17.8. The minimum Gasteiger partial charge on any atom is -0.395 e. The predicted molar refractivity (Wildman–Crippen MR) is 66.2 cm³/mol. The van der Waals surface area contributed by atoms with Gasteiger partial charge in [-0.25, -0.2) is 8.78 Å². The van der Waals surface area contributed by atoms with Crippen LogP contribution in [0.1, 0.15) is 12.8 Å². The lowest BCUT2D eigenvalue weighted by molar-refractivity contribution is -0.132. The molecule has 1 rings (SSSR count). The fraction of sp³-hybridized carbons (Fsp3) is 0.917. The molecule has 1 amide bonds. The van der Waals surface area contributed by atoms with Crippen molar-refractivity contribution in [2.24, 2.45) is 0 Å². The molecule has 0 aromatic carbocycles. The monoisotopic (exact) mass is 280 g/mol. The van der Waals surface area contributed by atoms with Crippen LogP contribution in [-0.4, -0.2) is 79.8 Å². The Kier molecular flexibility index (Phi) is 7.85. The van der Waals surface area contributed by atoms with Crippen LogP contribution < -0.4 is 0 Å². The number of nitrogens with zero attached hydrogens (tertiary/aromatic N) is 2. The summed E-state index contributed by atoms with van der Waals surface area (Å²) in [5.41, 5.74) is 0. The summed E-state index contributed by atoms with van der Waals surface area (Å²) in [4.78, 5) is 15.7. The van der Waals surface area contributed by atoms with Gasteiger partial charge < -0.3 is 14.7 Å². The third-order valence-corrected chi connectivity index (χ3v) is 3.06. The molecule has 0 radical (unpaired) electrons. The number of aliphatic hydroxyl groups is 1. The van der Waals surface area contributed by atoms with E-state index in [4.69, 9.17) is 9.84 Å². The summed E-state index contributed by atoms with van der Waals surface area (Å²) in [7, 11) is 0. The van der Waals surface area contributed by atoms with Crippen LogP contribution >= 0.6 is 0 Å². The van der Waals surface area contributed by atoms with Gasteiger partial charge in [-0.15, -0.1) is 0 Å². The molecule has 1 saturated heterocycles. The molecule has 19 heavy (non-hydrogen) atoms. The number of β-amino-alcohol motifs (C(OH)–C–C–N with tert-alkyl or cyclic N) is 1. The minimum absolute atomic E-state index is 0.0417. The number of amides is 1. The van der Waals surface area contributed by atoms with Crippen molar-refractivity contribution in [1.82, 2.24) is 9.80 Å². The highest BCUT2D eigenvalue weighted by Crippen LogP contribution is 2.05. The van der Waals surface area contributed by atoms with E-state index in [2.05, 4.69) is 4.90 Å². The van der Waals surface area contributed by atoms with E-state index in [1.807, 2.05) is 0 Å². The van der Waals surface area contributed by atoms with Crippen molar-refractivity contribution in [3.8, 4) is 0 Å². The van der Waals surface area contributed by atoms with Crippen LogP contribution in [0.25, 0.3) is 0 Å². The van der Waals surface area contributed by atoms with Gasteiger partial charge in [-0.3, -0.25) is 9.69 Å². The third-order valence-electron chi connectivity index (χ3n) is 3.06. The maximum absolute atomic E-state index is 11.9. The molecule has 0 atom stereocenters. The molecular formula is C12H22F2N2O3. The highest BCUT2D eigenvalue weighted by molar-refractivity contribution is 5.76. The van der Waals surface area contributed by atoms with Crippen molar-refractivity contribution in [3.63, 3.8) is 0 Å². The zero-order valence-electron chi connectivity index (χ0n) is 11.1. The van der Waals surface area contributed by atoms with Crippen molar-refractivity contribution in [1.29, 1.82) is 0 Å². The first-order valence-electron chi connectivity index (χ1n) is 6.60. The standard InChI is InChI=1S/C12H22F2N2O3/c13-11(14)10-19-9-2-12(18)16-4-1-3-15(5-6-16)7-8-17/h11,17H,1-10H2. The van der Waals surface area contributed by atoms with Gasteiger partial charge in [0.25, 0.3) is 6.43 Å². The quantitative estimate of drug-likeness (QED) is 0.676. The van der Waals surface area contributed by atoms with Gasteiger partial charge in [0.1, 0.15) is 6.61 Å². The Morgan fingerprint density at radius 3 is 2.74 bits per heavy atom. The first-order valence-corrected chi connectivity index (χ1v) is 6.60. The van der Waals surface area contributed by atoms with Crippen LogP contribution in [0.4, 0.5) is 8.78 Å². The van der Waals surface area contributed by atoms with E-state index >= 15 is 0 Å². The van der Waals surface area contributed by atoms with Gasteiger partial charge >= 0.3 is 0 Å². The fourth-order valence-corrected chi connectivity index (χ4v) is 2.08. The summed E-state index contributed by atoms with van der Waals surface area (Å²) < 4.78 is 28.4. The Hall–Kier alpha value is -0.790. The highest BCUT2D eigenvalue weighted by Gasteiger charge is 2.18. The van der Waals surface area contributed by atoms with E-state index in [1.54, 1.807) is 4.90 Å². The van der Waals surface area contributed by atoms with Crippen molar-refractivity contribution < 1.29 is 23.4 Å². The van der Waals surface area contributed by atoms with Gasteiger partial charge in [-0.1, -0.05) is 0 Å². The second-order valence-corrected chi connectivity index (χ2v) is 4.52. The second-order valence-electron chi connectivity index (χ2n) is 4.52. The van der Waals surface area contributed by atoms with Crippen LogP contribution in [0.5, 0.6) is 0 Å². The molecule has 0 unspecified atom stereocenters. The van der Waals surface area contributed by atoms with E-state index in [0.717, 1.165) is 19.5 Å². The van der Waals surface area contributed by atoms with E-state index in [9.17, 15) is 13.6 Å². The number of aliphatic hydroxyl groups excluding tert-OH is 1. The lowest BCUT2D eigenvalue weighted by Gasteiger charge is -2.21. The van der Waals surface area contributed by atoms with Crippen molar-refractivity contribution in [2.75, 3.05) is 52.5 Å². The molecule has 1 aliphatic heterocycles. The van der Waals surface area contributed by atoms with Crippen molar-refractivity contribution in [3.05, 3.63) is 0 Å². The number of halogens is 2. The summed E-state index contributed by atoms with van der Waals surface area (Å²) in [6, 6.07) is 0. The molecule has 0 aromatic rings. The summed E-state index contributed by atoms with van der Waals surface area (Å²) in [5, 5.41) is 8.87.